The van der Waals surface area contributed by atoms with Gasteiger partial charge in [0.1, 0.15) is 11.5 Å². The molecule has 1 amide bonds. The molecule has 0 bridgehead atoms. The van der Waals surface area contributed by atoms with Crippen LogP contribution in [0.2, 0.25) is 0 Å². The first-order valence-electron chi connectivity index (χ1n) is 9.09. The number of hydrogen-bond donors (Lipinski definition) is 0. The topological polar surface area (TPSA) is 51.1 Å². The van der Waals surface area contributed by atoms with E-state index >= 15 is 0 Å². The van der Waals surface area contributed by atoms with E-state index in [4.69, 9.17) is 9.47 Å². The van der Waals surface area contributed by atoms with Crippen molar-refractivity contribution in [3.05, 3.63) is 64.9 Å². The van der Waals surface area contributed by atoms with Crippen LogP contribution in [0, 0.1) is 6.92 Å². The van der Waals surface area contributed by atoms with Crippen molar-refractivity contribution in [2.24, 2.45) is 4.99 Å². The van der Waals surface area contributed by atoms with Gasteiger partial charge in [-0.2, -0.15) is 0 Å². The molecule has 0 atom stereocenters. The largest absolute Gasteiger partial charge is 0.490 e. The SMILES string of the molecule is CCOc1ccc(C=C2N=C(c3ccccc3C)N(C)C2=O)cc1OCC. The van der Waals surface area contributed by atoms with Crippen molar-refractivity contribution in [3.8, 4) is 11.5 Å². The number of aliphatic imine (C=N–C) groups is 1. The Morgan fingerprint density at radius 2 is 1.74 bits per heavy atom. The summed E-state index contributed by atoms with van der Waals surface area (Å²) in [6, 6.07) is 13.5. The normalized spacial score (nSPS) is 15.3. The molecule has 2 aromatic rings. The predicted molar refractivity (Wildman–Crippen MR) is 107 cm³/mol. The van der Waals surface area contributed by atoms with E-state index in [1.54, 1.807) is 18.0 Å². The lowest BCUT2D eigenvalue weighted by molar-refractivity contribution is -0.121. The molecule has 1 aliphatic heterocycles. The molecule has 2 aromatic carbocycles. The summed E-state index contributed by atoms with van der Waals surface area (Å²) in [6.07, 6.45) is 1.78. The van der Waals surface area contributed by atoms with Crippen LogP contribution in [0.1, 0.15) is 30.5 Å². The van der Waals surface area contributed by atoms with Gasteiger partial charge in [0.05, 0.1) is 13.2 Å². The van der Waals surface area contributed by atoms with E-state index in [2.05, 4.69) is 4.99 Å². The highest BCUT2D eigenvalue weighted by atomic mass is 16.5. The molecule has 0 N–H and O–H groups in total. The monoisotopic (exact) mass is 364 g/mol. The van der Waals surface area contributed by atoms with E-state index in [1.165, 1.54) is 0 Å². The van der Waals surface area contributed by atoms with Crippen LogP contribution in [0.3, 0.4) is 0 Å². The highest BCUT2D eigenvalue weighted by Gasteiger charge is 2.28. The predicted octanol–water partition coefficient (Wildman–Crippen LogP) is 4.05. The zero-order valence-electron chi connectivity index (χ0n) is 16.2. The van der Waals surface area contributed by atoms with Crippen molar-refractivity contribution in [3.63, 3.8) is 0 Å². The van der Waals surface area contributed by atoms with Crippen LogP contribution in [0.25, 0.3) is 6.08 Å². The maximum atomic E-state index is 12.7. The molecule has 140 valence electrons. The van der Waals surface area contributed by atoms with Crippen molar-refractivity contribution in [2.45, 2.75) is 20.8 Å². The van der Waals surface area contributed by atoms with Crippen molar-refractivity contribution in [2.75, 3.05) is 20.3 Å². The Labute approximate surface area is 159 Å². The fourth-order valence-electron chi connectivity index (χ4n) is 2.98. The zero-order chi connectivity index (χ0) is 19.4. The number of aryl methyl sites for hydroxylation is 1. The average molecular weight is 364 g/mol. The lowest BCUT2D eigenvalue weighted by Crippen LogP contribution is -2.28. The van der Waals surface area contributed by atoms with E-state index in [0.29, 0.717) is 36.2 Å². The van der Waals surface area contributed by atoms with Gasteiger partial charge in [0.25, 0.3) is 5.91 Å². The second-order valence-corrected chi connectivity index (χ2v) is 6.22. The van der Waals surface area contributed by atoms with Gasteiger partial charge >= 0.3 is 0 Å². The minimum absolute atomic E-state index is 0.125. The molecular weight excluding hydrogens is 340 g/mol. The number of amides is 1. The highest BCUT2D eigenvalue weighted by Crippen LogP contribution is 2.30. The lowest BCUT2D eigenvalue weighted by atomic mass is 10.1. The molecule has 0 saturated heterocycles. The standard InChI is InChI=1S/C22H24N2O3/c1-5-26-19-12-11-16(14-20(19)27-6-2)13-18-22(25)24(4)21(23-18)17-10-8-7-9-15(17)3/h7-14H,5-6H2,1-4H3. The van der Waals surface area contributed by atoms with Gasteiger partial charge in [-0.25, -0.2) is 4.99 Å². The molecule has 1 heterocycles. The molecule has 0 aliphatic carbocycles. The summed E-state index contributed by atoms with van der Waals surface area (Å²) in [5.74, 6) is 1.90. The molecule has 5 heteroatoms. The fraction of sp³-hybridized carbons (Fsp3) is 0.273. The molecule has 27 heavy (non-hydrogen) atoms. The number of amidine groups is 1. The summed E-state index contributed by atoms with van der Waals surface area (Å²) in [6.45, 7) is 6.97. The minimum atomic E-state index is -0.125. The van der Waals surface area contributed by atoms with Gasteiger partial charge in [0.2, 0.25) is 0 Å². The van der Waals surface area contributed by atoms with Crippen LogP contribution in [-0.4, -0.2) is 36.9 Å². The van der Waals surface area contributed by atoms with Gasteiger partial charge in [0.15, 0.2) is 11.5 Å². The number of hydrogen-bond acceptors (Lipinski definition) is 4. The third-order valence-corrected chi connectivity index (χ3v) is 4.32. The lowest BCUT2D eigenvalue weighted by Gasteiger charge is -2.13. The number of ether oxygens (including phenoxy) is 2. The second kappa shape index (κ2) is 8.08. The van der Waals surface area contributed by atoms with Gasteiger partial charge in [0, 0.05) is 12.6 Å². The van der Waals surface area contributed by atoms with Crippen LogP contribution in [0.15, 0.2) is 53.2 Å². The average Bonchev–Trinajstić information content (AvgIpc) is 2.93. The Balaban J connectivity index is 1.98. The molecule has 3 rings (SSSR count). The van der Waals surface area contributed by atoms with E-state index in [1.807, 2.05) is 63.2 Å². The molecule has 1 aliphatic rings. The van der Waals surface area contributed by atoms with Crippen LogP contribution in [-0.2, 0) is 4.79 Å². The third kappa shape index (κ3) is 3.87. The molecule has 0 aromatic heterocycles. The van der Waals surface area contributed by atoms with E-state index in [9.17, 15) is 4.79 Å². The molecule has 0 unspecified atom stereocenters. The maximum absolute atomic E-state index is 12.7. The Kier molecular flexibility index (Phi) is 5.60. The molecule has 0 saturated carbocycles. The van der Waals surface area contributed by atoms with Gasteiger partial charge in [-0.15, -0.1) is 0 Å². The number of carbonyl (C=O) groups is 1. The van der Waals surface area contributed by atoms with Crippen LogP contribution < -0.4 is 9.47 Å². The van der Waals surface area contributed by atoms with Gasteiger partial charge < -0.3 is 9.47 Å². The van der Waals surface area contributed by atoms with Crippen LogP contribution in [0.4, 0.5) is 0 Å². The third-order valence-electron chi connectivity index (χ3n) is 4.32. The minimum Gasteiger partial charge on any atom is -0.490 e. The van der Waals surface area contributed by atoms with Crippen LogP contribution >= 0.6 is 0 Å². The number of carbonyl (C=O) groups excluding carboxylic acids is 1. The summed E-state index contributed by atoms with van der Waals surface area (Å²) in [5.41, 5.74) is 3.28. The first-order valence-corrected chi connectivity index (χ1v) is 9.09. The van der Waals surface area contributed by atoms with Crippen molar-refractivity contribution in [1.29, 1.82) is 0 Å². The summed E-state index contributed by atoms with van der Waals surface area (Å²) in [4.78, 5) is 18.9. The van der Waals surface area contributed by atoms with Gasteiger partial charge in [-0.1, -0.05) is 30.3 Å². The Hall–Kier alpha value is -3.08. The summed E-state index contributed by atoms with van der Waals surface area (Å²) >= 11 is 0. The quantitative estimate of drug-likeness (QED) is 0.727. The summed E-state index contributed by atoms with van der Waals surface area (Å²) < 4.78 is 11.3. The van der Waals surface area contributed by atoms with Gasteiger partial charge in [-0.05, 0) is 50.1 Å². The van der Waals surface area contributed by atoms with Crippen molar-refractivity contribution >= 4 is 17.8 Å². The first kappa shape index (κ1) is 18.7. The van der Waals surface area contributed by atoms with E-state index in [0.717, 1.165) is 16.7 Å². The smallest absolute Gasteiger partial charge is 0.277 e. The highest BCUT2D eigenvalue weighted by molar-refractivity contribution is 6.19. The number of benzene rings is 2. The van der Waals surface area contributed by atoms with Crippen LogP contribution in [0.5, 0.6) is 11.5 Å². The summed E-state index contributed by atoms with van der Waals surface area (Å²) in [5, 5.41) is 0. The number of nitrogens with zero attached hydrogens (tertiary/aromatic N) is 2. The molecular formula is C22H24N2O3. The molecule has 5 nitrogen and oxygen atoms in total. The first-order chi connectivity index (χ1) is 13.0. The fourth-order valence-corrected chi connectivity index (χ4v) is 2.98. The molecule has 0 fully saturated rings. The maximum Gasteiger partial charge on any atom is 0.277 e. The summed E-state index contributed by atoms with van der Waals surface area (Å²) in [7, 11) is 1.75. The van der Waals surface area contributed by atoms with E-state index in [-0.39, 0.29) is 5.91 Å². The second-order valence-electron chi connectivity index (χ2n) is 6.22. The number of rotatable bonds is 6. The van der Waals surface area contributed by atoms with Crippen molar-refractivity contribution < 1.29 is 14.3 Å². The zero-order valence-corrected chi connectivity index (χ0v) is 16.2. The molecule has 0 radical (unpaired) electrons. The Bertz CT molecular complexity index is 916. The van der Waals surface area contributed by atoms with Gasteiger partial charge in [-0.3, -0.25) is 9.69 Å². The Morgan fingerprint density at radius 1 is 1.04 bits per heavy atom. The molecule has 0 spiro atoms. The Morgan fingerprint density at radius 3 is 2.44 bits per heavy atom. The van der Waals surface area contributed by atoms with Crippen molar-refractivity contribution in [1.82, 2.24) is 4.90 Å². The number of likely N-dealkylation sites (N-methyl/N-ethyl adjacent to an activating group) is 1. The van der Waals surface area contributed by atoms with E-state index < -0.39 is 0 Å².